The molecule has 2 aromatic rings. The molecule has 1 N–H and O–H groups in total. The van der Waals surface area contributed by atoms with E-state index in [1.807, 2.05) is 0 Å². The maximum atomic E-state index is 12.9. The van der Waals surface area contributed by atoms with Gasteiger partial charge in [0.1, 0.15) is 11.7 Å². The van der Waals surface area contributed by atoms with Crippen LogP contribution in [0, 0.1) is 6.92 Å². The number of amides is 3. The molecule has 0 spiro atoms. The van der Waals surface area contributed by atoms with E-state index in [0.717, 1.165) is 0 Å². The van der Waals surface area contributed by atoms with Gasteiger partial charge in [0.2, 0.25) is 5.91 Å². The van der Waals surface area contributed by atoms with Gasteiger partial charge in [-0.05, 0) is 26.8 Å². The summed E-state index contributed by atoms with van der Waals surface area (Å²) in [6.07, 6.45) is 2.85. The zero-order valence-corrected chi connectivity index (χ0v) is 17.7. The minimum atomic E-state index is -0.541. The molecule has 11 nitrogen and oxygen atoms in total. The molecule has 1 saturated heterocycles. The van der Waals surface area contributed by atoms with Gasteiger partial charge in [0.05, 0.1) is 18.0 Å². The second kappa shape index (κ2) is 8.97. The standard InChI is InChI=1S/C19H27N7O4/c1-5-30-19(29)25-10-8-24(9-11-25)18(28)14(3)26-12-15(13(2)22-26)21-17(27)16-6-7-20-23(16)4/h6-7,12,14H,5,8-11H2,1-4H3,(H,21,27). The lowest BCUT2D eigenvalue weighted by Crippen LogP contribution is -2.52. The van der Waals surface area contributed by atoms with Crippen LogP contribution in [0.15, 0.2) is 18.5 Å². The molecule has 3 rings (SSSR count). The lowest BCUT2D eigenvalue weighted by molar-refractivity contribution is -0.136. The van der Waals surface area contributed by atoms with Crippen molar-refractivity contribution in [2.45, 2.75) is 26.8 Å². The monoisotopic (exact) mass is 417 g/mol. The van der Waals surface area contributed by atoms with Crippen molar-refractivity contribution in [1.82, 2.24) is 29.4 Å². The fraction of sp³-hybridized carbons (Fsp3) is 0.526. The first-order valence-electron chi connectivity index (χ1n) is 9.87. The lowest BCUT2D eigenvalue weighted by Gasteiger charge is -2.35. The fourth-order valence-corrected chi connectivity index (χ4v) is 3.29. The Morgan fingerprint density at radius 2 is 1.87 bits per heavy atom. The number of hydrogen-bond acceptors (Lipinski definition) is 6. The molecule has 30 heavy (non-hydrogen) atoms. The van der Waals surface area contributed by atoms with Crippen LogP contribution in [-0.2, 0) is 16.6 Å². The van der Waals surface area contributed by atoms with E-state index in [9.17, 15) is 14.4 Å². The number of aryl methyl sites for hydroxylation is 2. The molecule has 0 radical (unpaired) electrons. The van der Waals surface area contributed by atoms with Gasteiger partial charge in [-0.3, -0.25) is 19.0 Å². The number of carbonyl (C=O) groups is 3. The van der Waals surface area contributed by atoms with Crippen molar-refractivity contribution in [3.8, 4) is 0 Å². The summed E-state index contributed by atoms with van der Waals surface area (Å²) in [7, 11) is 1.69. The van der Waals surface area contributed by atoms with Crippen molar-refractivity contribution in [2.75, 3.05) is 38.1 Å². The maximum Gasteiger partial charge on any atom is 0.409 e. The van der Waals surface area contributed by atoms with Crippen molar-refractivity contribution in [3.05, 3.63) is 29.8 Å². The van der Waals surface area contributed by atoms with Crippen LogP contribution in [0.25, 0.3) is 0 Å². The molecular weight excluding hydrogens is 390 g/mol. The zero-order valence-electron chi connectivity index (χ0n) is 17.7. The molecule has 162 valence electrons. The van der Waals surface area contributed by atoms with Crippen molar-refractivity contribution in [3.63, 3.8) is 0 Å². The Kier molecular flexibility index (Phi) is 6.38. The molecule has 0 aromatic carbocycles. The van der Waals surface area contributed by atoms with E-state index in [-0.39, 0.29) is 17.9 Å². The molecule has 0 aliphatic carbocycles. The summed E-state index contributed by atoms with van der Waals surface area (Å²) < 4.78 is 8.04. The summed E-state index contributed by atoms with van der Waals surface area (Å²) in [4.78, 5) is 40.4. The van der Waals surface area contributed by atoms with Crippen LogP contribution in [0.5, 0.6) is 0 Å². The predicted molar refractivity (Wildman–Crippen MR) is 108 cm³/mol. The summed E-state index contributed by atoms with van der Waals surface area (Å²) in [6.45, 7) is 7.36. The Balaban J connectivity index is 1.62. The summed E-state index contributed by atoms with van der Waals surface area (Å²) in [5, 5.41) is 11.2. The number of hydrogen-bond donors (Lipinski definition) is 1. The van der Waals surface area contributed by atoms with E-state index in [1.165, 1.54) is 4.68 Å². The number of ether oxygens (including phenoxy) is 1. The highest BCUT2D eigenvalue weighted by atomic mass is 16.6. The minimum absolute atomic E-state index is 0.0921. The Morgan fingerprint density at radius 3 is 2.47 bits per heavy atom. The number of anilines is 1. The van der Waals surface area contributed by atoms with Gasteiger partial charge in [0.15, 0.2) is 0 Å². The van der Waals surface area contributed by atoms with Crippen LogP contribution in [0.4, 0.5) is 10.5 Å². The van der Waals surface area contributed by atoms with E-state index in [4.69, 9.17) is 4.74 Å². The molecular formula is C19H27N7O4. The highest BCUT2D eigenvalue weighted by Gasteiger charge is 2.29. The molecule has 1 fully saturated rings. The van der Waals surface area contributed by atoms with Gasteiger partial charge in [-0.1, -0.05) is 0 Å². The third-order valence-corrected chi connectivity index (χ3v) is 5.09. The summed E-state index contributed by atoms with van der Waals surface area (Å²) in [5.74, 6) is -0.391. The average molecular weight is 417 g/mol. The van der Waals surface area contributed by atoms with Crippen molar-refractivity contribution < 1.29 is 19.1 Å². The Morgan fingerprint density at radius 1 is 1.20 bits per heavy atom. The molecule has 3 heterocycles. The number of aromatic nitrogens is 4. The highest BCUT2D eigenvalue weighted by Crippen LogP contribution is 2.19. The Hall–Kier alpha value is -3.37. The van der Waals surface area contributed by atoms with Gasteiger partial charge in [-0.2, -0.15) is 10.2 Å². The molecule has 11 heteroatoms. The van der Waals surface area contributed by atoms with Gasteiger partial charge < -0.3 is 19.9 Å². The van der Waals surface area contributed by atoms with Gasteiger partial charge in [-0.25, -0.2) is 4.79 Å². The average Bonchev–Trinajstić information content (AvgIpc) is 3.32. The quantitative estimate of drug-likeness (QED) is 0.777. The minimum Gasteiger partial charge on any atom is -0.450 e. The number of rotatable bonds is 5. The third kappa shape index (κ3) is 4.44. The van der Waals surface area contributed by atoms with Crippen LogP contribution in [0.1, 0.15) is 36.1 Å². The summed E-state index contributed by atoms with van der Waals surface area (Å²) in [5.41, 5.74) is 1.57. The molecule has 1 aliphatic heterocycles. The van der Waals surface area contributed by atoms with Gasteiger partial charge in [0, 0.05) is 45.6 Å². The zero-order chi connectivity index (χ0) is 21.8. The van der Waals surface area contributed by atoms with Crippen LogP contribution in [0.2, 0.25) is 0 Å². The smallest absolute Gasteiger partial charge is 0.409 e. The second-order valence-electron chi connectivity index (χ2n) is 7.09. The SMILES string of the molecule is CCOC(=O)N1CCN(C(=O)C(C)n2cc(NC(=O)c3ccnn3C)c(C)n2)CC1. The molecule has 1 atom stereocenters. The number of carbonyl (C=O) groups excluding carboxylic acids is 3. The van der Waals surface area contributed by atoms with E-state index in [1.54, 1.807) is 60.8 Å². The van der Waals surface area contributed by atoms with E-state index < -0.39 is 6.04 Å². The van der Waals surface area contributed by atoms with Gasteiger partial charge in [0.25, 0.3) is 5.91 Å². The molecule has 0 saturated carbocycles. The largest absolute Gasteiger partial charge is 0.450 e. The molecule has 0 bridgehead atoms. The highest BCUT2D eigenvalue weighted by molar-refractivity contribution is 6.03. The van der Waals surface area contributed by atoms with Crippen LogP contribution in [0.3, 0.4) is 0 Å². The second-order valence-corrected chi connectivity index (χ2v) is 7.09. The van der Waals surface area contributed by atoms with Gasteiger partial charge >= 0.3 is 6.09 Å². The lowest BCUT2D eigenvalue weighted by atomic mass is 10.2. The van der Waals surface area contributed by atoms with Crippen LogP contribution >= 0.6 is 0 Å². The third-order valence-electron chi connectivity index (χ3n) is 5.09. The number of piperazine rings is 1. The Bertz CT molecular complexity index is 927. The van der Waals surface area contributed by atoms with Crippen LogP contribution in [-0.4, -0.2) is 80.1 Å². The first kappa shape index (κ1) is 21.3. The molecule has 1 unspecified atom stereocenters. The fourth-order valence-electron chi connectivity index (χ4n) is 3.29. The van der Waals surface area contributed by atoms with Crippen LogP contribution < -0.4 is 5.32 Å². The number of nitrogens with one attached hydrogen (secondary N) is 1. The Labute approximate surface area is 174 Å². The topological polar surface area (TPSA) is 115 Å². The van der Waals surface area contributed by atoms with Gasteiger partial charge in [-0.15, -0.1) is 0 Å². The molecule has 1 aliphatic rings. The van der Waals surface area contributed by atoms with E-state index in [2.05, 4.69) is 15.5 Å². The molecule has 2 aromatic heterocycles. The first-order chi connectivity index (χ1) is 14.3. The normalized spacial score (nSPS) is 15.1. The maximum absolute atomic E-state index is 12.9. The van der Waals surface area contributed by atoms with E-state index >= 15 is 0 Å². The van der Waals surface area contributed by atoms with E-state index in [0.29, 0.717) is 49.9 Å². The van der Waals surface area contributed by atoms with Crippen molar-refractivity contribution in [1.29, 1.82) is 0 Å². The predicted octanol–water partition coefficient (Wildman–Crippen LogP) is 1.04. The first-order valence-corrected chi connectivity index (χ1v) is 9.87. The summed E-state index contributed by atoms with van der Waals surface area (Å²) in [6, 6.07) is 1.08. The van der Waals surface area contributed by atoms with Crippen molar-refractivity contribution in [2.24, 2.45) is 7.05 Å². The number of nitrogens with zero attached hydrogens (tertiary/aromatic N) is 6. The van der Waals surface area contributed by atoms with Crippen molar-refractivity contribution >= 4 is 23.6 Å². The summed E-state index contributed by atoms with van der Waals surface area (Å²) >= 11 is 0. The molecule has 3 amide bonds.